The van der Waals surface area contributed by atoms with Crippen molar-refractivity contribution in [2.75, 3.05) is 18.5 Å². The van der Waals surface area contributed by atoms with E-state index in [1.807, 2.05) is 66.2 Å². The smallest absolute Gasteiger partial charge is 0.208 e. The minimum atomic E-state index is 0.0962. The zero-order chi connectivity index (χ0) is 20.9. The summed E-state index contributed by atoms with van der Waals surface area (Å²) in [5, 5.41) is 15.3. The first-order chi connectivity index (χ1) is 14.6. The van der Waals surface area contributed by atoms with Gasteiger partial charge < -0.3 is 25.0 Å². The summed E-state index contributed by atoms with van der Waals surface area (Å²) in [6.07, 6.45) is 1.71. The second-order valence-electron chi connectivity index (χ2n) is 6.76. The summed E-state index contributed by atoms with van der Waals surface area (Å²) in [6.45, 7) is 1.20. The highest BCUT2D eigenvalue weighted by atomic mass is 79.9. The van der Waals surface area contributed by atoms with Crippen LogP contribution >= 0.6 is 15.9 Å². The summed E-state index contributed by atoms with van der Waals surface area (Å²) in [6, 6.07) is 17.5. The Labute approximate surface area is 182 Å². The van der Waals surface area contributed by atoms with Crippen LogP contribution in [0.3, 0.4) is 0 Å². The highest BCUT2D eigenvalue weighted by Crippen LogP contribution is 2.28. The second-order valence-corrected chi connectivity index (χ2v) is 7.68. The first kappa shape index (κ1) is 20.3. The number of aryl methyl sites for hydroxylation is 1. The molecule has 7 nitrogen and oxygen atoms in total. The van der Waals surface area contributed by atoms with Gasteiger partial charge in [-0.05, 0) is 42.5 Å². The molecule has 4 aromatic rings. The van der Waals surface area contributed by atoms with E-state index in [-0.39, 0.29) is 6.61 Å². The van der Waals surface area contributed by atoms with Crippen molar-refractivity contribution in [1.82, 2.24) is 19.9 Å². The van der Waals surface area contributed by atoms with Crippen LogP contribution in [-0.2, 0) is 13.6 Å². The minimum Gasteiger partial charge on any atom is -0.457 e. The molecule has 0 spiro atoms. The molecule has 0 radical (unpaired) electrons. The number of anilines is 2. The number of aliphatic hydroxyl groups excluding tert-OH is 1. The van der Waals surface area contributed by atoms with Crippen LogP contribution in [0.2, 0.25) is 0 Å². The lowest BCUT2D eigenvalue weighted by molar-refractivity contribution is 0.291. The average molecular weight is 468 g/mol. The normalized spacial score (nSPS) is 11.0. The Bertz CT molecular complexity index is 1140. The molecule has 8 heteroatoms. The second kappa shape index (κ2) is 9.25. The highest BCUT2D eigenvalue weighted by Gasteiger charge is 2.10. The third kappa shape index (κ3) is 4.79. The predicted molar refractivity (Wildman–Crippen MR) is 121 cm³/mol. The first-order valence-electron chi connectivity index (χ1n) is 9.56. The number of imidazole rings is 1. The van der Waals surface area contributed by atoms with E-state index in [2.05, 4.69) is 31.5 Å². The molecule has 0 amide bonds. The molecule has 0 aliphatic heterocycles. The fourth-order valence-electron chi connectivity index (χ4n) is 3.07. The van der Waals surface area contributed by atoms with Gasteiger partial charge >= 0.3 is 0 Å². The standard InChI is InChI=1S/C22H22BrN5O2/c1-28-21-7-6-18(30-19-8-9-25-17(12-19)14-24-10-11-29)13-20(21)27-22(28)26-16-4-2-15(23)3-5-16/h2-9,12-13,24,29H,10-11,14H2,1H3,(H,26,27). The highest BCUT2D eigenvalue weighted by molar-refractivity contribution is 9.10. The van der Waals surface area contributed by atoms with E-state index < -0.39 is 0 Å². The molecule has 0 bridgehead atoms. The Morgan fingerprint density at radius 3 is 2.67 bits per heavy atom. The number of aliphatic hydroxyl groups is 1. The van der Waals surface area contributed by atoms with Gasteiger partial charge in [-0.25, -0.2) is 4.98 Å². The van der Waals surface area contributed by atoms with Crippen LogP contribution in [0, 0.1) is 0 Å². The van der Waals surface area contributed by atoms with Crippen molar-refractivity contribution < 1.29 is 9.84 Å². The molecule has 2 heterocycles. The van der Waals surface area contributed by atoms with Gasteiger partial charge in [0, 0.05) is 48.6 Å². The van der Waals surface area contributed by atoms with Gasteiger partial charge in [0.15, 0.2) is 0 Å². The van der Waals surface area contributed by atoms with Crippen molar-refractivity contribution in [3.05, 3.63) is 71.0 Å². The van der Waals surface area contributed by atoms with Crippen LogP contribution in [0.25, 0.3) is 11.0 Å². The maximum atomic E-state index is 8.87. The number of hydrogen-bond acceptors (Lipinski definition) is 6. The van der Waals surface area contributed by atoms with Gasteiger partial charge in [-0.1, -0.05) is 15.9 Å². The first-order valence-corrected chi connectivity index (χ1v) is 10.3. The van der Waals surface area contributed by atoms with Crippen molar-refractivity contribution in [2.45, 2.75) is 6.54 Å². The predicted octanol–water partition coefficient (Wildman–Crippen LogP) is 4.35. The zero-order valence-electron chi connectivity index (χ0n) is 16.5. The lowest BCUT2D eigenvalue weighted by Crippen LogP contribution is -2.18. The fraction of sp³-hybridized carbons (Fsp3) is 0.182. The average Bonchev–Trinajstić information content (AvgIpc) is 3.05. The Morgan fingerprint density at radius 2 is 1.87 bits per heavy atom. The summed E-state index contributed by atoms with van der Waals surface area (Å²) in [5.74, 6) is 2.16. The zero-order valence-corrected chi connectivity index (χ0v) is 18.1. The summed E-state index contributed by atoms with van der Waals surface area (Å²) in [5.41, 5.74) is 3.66. The van der Waals surface area contributed by atoms with Crippen LogP contribution in [0.15, 0.2) is 65.3 Å². The van der Waals surface area contributed by atoms with Crippen LogP contribution in [0.1, 0.15) is 5.69 Å². The van der Waals surface area contributed by atoms with Gasteiger partial charge in [0.05, 0.1) is 23.3 Å². The fourth-order valence-corrected chi connectivity index (χ4v) is 3.33. The van der Waals surface area contributed by atoms with Gasteiger partial charge in [-0.3, -0.25) is 4.98 Å². The number of ether oxygens (including phenoxy) is 1. The number of hydrogen-bond donors (Lipinski definition) is 3. The van der Waals surface area contributed by atoms with Crippen LogP contribution in [-0.4, -0.2) is 32.8 Å². The third-order valence-electron chi connectivity index (χ3n) is 4.57. The molecule has 0 fully saturated rings. The molecule has 0 unspecified atom stereocenters. The minimum absolute atomic E-state index is 0.0962. The van der Waals surface area contributed by atoms with Crippen LogP contribution in [0.5, 0.6) is 11.5 Å². The summed E-state index contributed by atoms with van der Waals surface area (Å²) >= 11 is 3.45. The molecule has 3 N–H and O–H groups in total. The molecule has 4 rings (SSSR count). The van der Waals surface area contributed by atoms with E-state index in [1.165, 1.54) is 0 Å². The van der Waals surface area contributed by atoms with Crippen molar-refractivity contribution in [2.24, 2.45) is 7.05 Å². The lowest BCUT2D eigenvalue weighted by Gasteiger charge is -2.08. The lowest BCUT2D eigenvalue weighted by atomic mass is 10.3. The molecule has 0 aliphatic rings. The molecule has 2 aromatic heterocycles. The molecular formula is C22H22BrN5O2. The van der Waals surface area contributed by atoms with Gasteiger partial charge in [0.1, 0.15) is 11.5 Å². The van der Waals surface area contributed by atoms with Gasteiger partial charge in [-0.2, -0.15) is 0 Å². The molecule has 0 saturated carbocycles. The largest absolute Gasteiger partial charge is 0.457 e. The summed E-state index contributed by atoms with van der Waals surface area (Å²) < 4.78 is 9.07. The quantitative estimate of drug-likeness (QED) is 0.334. The number of rotatable bonds is 8. The van der Waals surface area contributed by atoms with Crippen molar-refractivity contribution in [1.29, 1.82) is 0 Å². The molecule has 30 heavy (non-hydrogen) atoms. The van der Waals surface area contributed by atoms with Crippen LogP contribution < -0.4 is 15.4 Å². The number of nitrogens with zero attached hydrogens (tertiary/aromatic N) is 3. The maximum Gasteiger partial charge on any atom is 0.208 e. The number of benzene rings is 2. The van der Waals surface area contributed by atoms with Gasteiger partial charge in [-0.15, -0.1) is 0 Å². The Hall–Kier alpha value is -2.94. The topological polar surface area (TPSA) is 84.2 Å². The van der Waals surface area contributed by atoms with Crippen molar-refractivity contribution in [3.8, 4) is 11.5 Å². The Balaban J connectivity index is 1.52. The molecular weight excluding hydrogens is 446 g/mol. The van der Waals surface area contributed by atoms with Crippen molar-refractivity contribution >= 4 is 38.6 Å². The van der Waals surface area contributed by atoms with Gasteiger partial charge in [0.2, 0.25) is 5.95 Å². The van der Waals surface area contributed by atoms with E-state index in [4.69, 9.17) is 14.8 Å². The van der Waals surface area contributed by atoms with E-state index in [0.717, 1.165) is 32.8 Å². The Morgan fingerprint density at radius 1 is 1.07 bits per heavy atom. The molecule has 2 aromatic carbocycles. The van der Waals surface area contributed by atoms with E-state index in [1.54, 1.807) is 6.20 Å². The number of nitrogens with one attached hydrogen (secondary N) is 2. The molecule has 0 saturated heterocycles. The van der Waals surface area contributed by atoms with E-state index in [9.17, 15) is 0 Å². The van der Waals surface area contributed by atoms with Gasteiger partial charge in [0.25, 0.3) is 0 Å². The molecule has 0 atom stereocenters. The number of pyridine rings is 1. The maximum absolute atomic E-state index is 8.87. The van der Waals surface area contributed by atoms with Crippen LogP contribution in [0.4, 0.5) is 11.6 Å². The number of aromatic nitrogens is 3. The monoisotopic (exact) mass is 467 g/mol. The van der Waals surface area contributed by atoms with E-state index >= 15 is 0 Å². The third-order valence-corrected chi connectivity index (χ3v) is 5.10. The number of fused-ring (bicyclic) bond motifs is 1. The SMILES string of the molecule is Cn1c(Nc2ccc(Br)cc2)nc2cc(Oc3ccnc(CNCCO)c3)ccc21. The van der Waals surface area contributed by atoms with E-state index in [0.29, 0.717) is 24.6 Å². The molecule has 154 valence electrons. The Kier molecular flexibility index (Phi) is 6.27. The van der Waals surface area contributed by atoms with Crippen molar-refractivity contribution in [3.63, 3.8) is 0 Å². The summed E-state index contributed by atoms with van der Waals surface area (Å²) in [7, 11) is 1.98. The molecule has 0 aliphatic carbocycles. The summed E-state index contributed by atoms with van der Waals surface area (Å²) in [4.78, 5) is 9.03. The number of halogens is 1.